The van der Waals surface area contributed by atoms with Crippen molar-refractivity contribution in [3.05, 3.63) is 23.8 Å². The molecule has 0 saturated heterocycles. The summed E-state index contributed by atoms with van der Waals surface area (Å²) in [5.74, 6) is -1.16. The normalized spacial score (nSPS) is 12.0. The van der Waals surface area contributed by atoms with Gasteiger partial charge in [0.1, 0.15) is 11.4 Å². The molecule has 17 heavy (non-hydrogen) atoms. The van der Waals surface area contributed by atoms with Crippen LogP contribution in [0.4, 0.5) is 5.69 Å². The van der Waals surface area contributed by atoms with Gasteiger partial charge in [-0.2, -0.15) is 0 Å². The second kappa shape index (κ2) is 5.48. The summed E-state index contributed by atoms with van der Waals surface area (Å²) in [6.07, 6.45) is -1.37. The molecule has 1 rings (SSSR count). The van der Waals surface area contributed by atoms with Crippen LogP contribution >= 0.6 is 0 Å². The molecule has 0 amide bonds. The number of methoxy groups -OCH3 is 1. The molecule has 0 saturated carbocycles. The number of hydrogen-bond donors (Lipinski definition) is 4. The monoisotopic (exact) mass is 243 g/mol. The Morgan fingerprint density at radius 3 is 2.59 bits per heavy atom. The quantitative estimate of drug-likeness (QED) is 0.437. The van der Waals surface area contributed by atoms with Crippen molar-refractivity contribution in [3.8, 4) is 5.75 Å². The van der Waals surface area contributed by atoms with E-state index in [2.05, 4.69) is 4.74 Å². The molecule has 94 valence electrons. The van der Waals surface area contributed by atoms with Gasteiger partial charge in [-0.25, -0.2) is 4.79 Å². The molecule has 7 nitrogen and oxygen atoms in total. The van der Waals surface area contributed by atoms with Crippen molar-refractivity contribution in [2.45, 2.75) is 12.5 Å². The van der Waals surface area contributed by atoms with Gasteiger partial charge in [0.2, 0.25) is 0 Å². The van der Waals surface area contributed by atoms with Gasteiger partial charge >= 0.3 is 5.97 Å². The molecule has 0 aliphatic carbocycles. The van der Waals surface area contributed by atoms with Gasteiger partial charge in [-0.1, -0.05) is 6.07 Å². The number of hydrogen-bond acceptors (Lipinski definition) is 7. The zero-order valence-corrected chi connectivity index (χ0v) is 9.07. The van der Waals surface area contributed by atoms with Crippen molar-refractivity contribution in [2.75, 3.05) is 12.3 Å². The fourth-order valence-corrected chi connectivity index (χ4v) is 1.31. The molecule has 1 aromatic rings. The molecule has 7 heteroatoms. The maximum absolute atomic E-state index is 11.0. The van der Waals surface area contributed by atoms with Gasteiger partial charge in [0.15, 0.2) is 6.10 Å². The number of aliphatic hydroxyl groups is 1. The number of nitrogens with zero attached hydrogens (tertiary/aromatic N) is 1. The molecule has 1 unspecified atom stereocenters. The van der Waals surface area contributed by atoms with Gasteiger partial charge in [-0.3, -0.25) is 10.4 Å². The number of benzene rings is 1. The summed E-state index contributed by atoms with van der Waals surface area (Å²) in [7, 11) is 1.15. The Kier molecular flexibility index (Phi) is 4.27. The Bertz CT molecular complexity index is 406. The van der Waals surface area contributed by atoms with Crippen LogP contribution in [0.3, 0.4) is 0 Å². The van der Waals surface area contributed by atoms with Crippen LogP contribution in [-0.2, 0) is 16.0 Å². The van der Waals surface area contributed by atoms with Crippen molar-refractivity contribution in [2.24, 2.45) is 0 Å². The van der Waals surface area contributed by atoms with E-state index in [1.807, 2.05) is 0 Å². The van der Waals surface area contributed by atoms with Gasteiger partial charge in [0.05, 0.1) is 7.11 Å². The number of phenolic OH excluding ortho intramolecular Hbond substituents is 1. The Labute approximate surface area is 97.0 Å². The van der Waals surface area contributed by atoms with Crippen molar-refractivity contribution < 1.29 is 30.2 Å². The van der Waals surface area contributed by atoms with Gasteiger partial charge in [0, 0.05) is 6.42 Å². The summed E-state index contributed by atoms with van der Waals surface area (Å²) >= 11 is 0. The van der Waals surface area contributed by atoms with E-state index >= 15 is 0 Å². The highest BCUT2D eigenvalue weighted by Gasteiger charge is 2.17. The first-order valence-corrected chi connectivity index (χ1v) is 4.71. The number of aliphatic hydroxyl groups excluding tert-OH is 1. The minimum atomic E-state index is -1.33. The predicted octanol–water partition coefficient (Wildman–Crippen LogP) is 0.0534. The molecule has 0 fully saturated rings. The summed E-state index contributed by atoms with van der Waals surface area (Å²) in [5, 5.41) is 36.0. The smallest absolute Gasteiger partial charge is 0.335 e. The zero-order valence-electron chi connectivity index (χ0n) is 9.07. The third kappa shape index (κ3) is 3.31. The van der Waals surface area contributed by atoms with Crippen LogP contribution in [0.15, 0.2) is 18.2 Å². The summed E-state index contributed by atoms with van der Waals surface area (Å²) in [6, 6.07) is 3.87. The molecule has 0 radical (unpaired) electrons. The summed E-state index contributed by atoms with van der Waals surface area (Å²) < 4.78 is 4.34. The Morgan fingerprint density at radius 1 is 1.47 bits per heavy atom. The van der Waals surface area contributed by atoms with Gasteiger partial charge < -0.3 is 14.9 Å². The summed E-state index contributed by atoms with van der Waals surface area (Å²) in [5.41, 5.74) is 0.243. The minimum absolute atomic E-state index is 0.0443. The average Bonchev–Trinajstić information content (AvgIpc) is 2.27. The minimum Gasteiger partial charge on any atom is -0.506 e. The lowest BCUT2D eigenvalue weighted by molar-refractivity contribution is -0.150. The molecule has 0 aliphatic heterocycles. The molecule has 0 bridgehead atoms. The first-order valence-electron chi connectivity index (χ1n) is 4.71. The number of carbonyl (C=O) groups excluding carboxylic acids is 1. The van der Waals surface area contributed by atoms with E-state index < -0.39 is 12.1 Å². The van der Waals surface area contributed by atoms with Crippen LogP contribution < -0.4 is 5.23 Å². The van der Waals surface area contributed by atoms with E-state index in [1.54, 1.807) is 0 Å². The van der Waals surface area contributed by atoms with E-state index in [0.717, 1.165) is 7.11 Å². The van der Waals surface area contributed by atoms with Crippen LogP contribution in [-0.4, -0.2) is 39.8 Å². The standard InChI is InChI=1S/C10H13NO6/c1-17-10(14)9(13)5-6-2-3-7(11(15)16)8(12)4-6/h2-4,9,12-13,15-16H,5H2,1H3. The second-order valence-electron chi connectivity index (χ2n) is 3.36. The van der Waals surface area contributed by atoms with Crippen LogP contribution in [0, 0.1) is 0 Å². The SMILES string of the molecule is COC(=O)C(O)Cc1ccc(N(O)O)c(O)c1. The molecule has 0 spiro atoms. The maximum Gasteiger partial charge on any atom is 0.335 e. The maximum atomic E-state index is 11.0. The molecule has 1 atom stereocenters. The Balaban J connectivity index is 2.81. The fraction of sp³-hybridized carbons (Fsp3) is 0.300. The highest BCUT2D eigenvalue weighted by atomic mass is 16.8. The first-order chi connectivity index (χ1) is 7.95. The third-order valence-electron chi connectivity index (χ3n) is 2.16. The number of ether oxygens (including phenoxy) is 1. The van der Waals surface area contributed by atoms with Crippen molar-refractivity contribution in [1.82, 2.24) is 0 Å². The second-order valence-corrected chi connectivity index (χ2v) is 3.36. The highest BCUT2D eigenvalue weighted by Crippen LogP contribution is 2.26. The molecule has 0 heterocycles. The van der Waals surface area contributed by atoms with E-state index in [4.69, 9.17) is 10.4 Å². The summed E-state index contributed by atoms with van der Waals surface area (Å²) in [6.45, 7) is 0. The van der Waals surface area contributed by atoms with E-state index in [9.17, 15) is 15.0 Å². The molecule has 4 N–H and O–H groups in total. The Morgan fingerprint density at radius 2 is 2.12 bits per heavy atom. The topological polar surface area (TPSA) is 110 Å². The van der Waals surface area contributed by atoms with E-state index in [1.165, 1.54) is 18.2 Å². The summed E-state index contributed by atoms with van der Waals surface area (Å²) in [4.78, 5) is 11.0. The molecule has 0 aromatic heterocycles. The van der Waals surface area contributed by atoms with Gasteiger partial charge in [-0.15, -0.1) is 5.23 Å². The fourth-order valence-electron chi connectivity index (χ4n) is 1.31. The predicted molar refractivity (Wildman–Crippen MR) is 55.9 cm³/mol. The van der Waals surface area contributed by atoms with Crippen LogP contribution in [0.1, 0.15) is 5.56 Å². The number of phenols is 1. The first kappa shape index (κ1) is 13.2. The van der Waals surface area contributed by atoms with Gasteiger partial charge in [0.25, 0.3) is 0 Å². The van der Waals surface area contributed by atoms with Crippen molar-refractivity contribution in [3.63, 3.8) is 0 Å². The number of esters is 1. The van der Waals surface area contributed by atoms with Crippen molar-refractivity contribution >= 4 is 11.7 Å². The molecular formula is C10H13NO6. The lowest BCUT2D eigenvalue weighted by atomic mass is 10.1. The average molecular weight is 243 g/mol. The number of aromatic hydroxyl groups is 1. The van der Waals surface area contributed by atoms with Crippen LogP contribution in [0.2, 0.25) is 0 Å². The van der Waals surface area contributed by atoms with E-state index in [-0.39, 0.29) is 23.1 Å². The number of carbonyl (C=O) groups is 1. The van der Waals surface area contributed by atoms with Gasteiger partial charge in [-0.05, 0) is 17.7 Å². The third-order valence-corrected chi connectivity index (χ3v) is 2.16. The van der Waals surface area contributed by atoms with E-state index in [0.29, 0.717) is 5.56 Å². The number of rotatable bonds is 4. The van der Waals surface area contributed by atoms with Crippen LogP contribution in [0.25, 0.3) is 0 Å². The molecular weight excluding hydrogens is 230 g/mol. The van der Waals surface area contributed by atoms with Crippen molar-refractivity contribution in [1.29, 1.82) is 0 Å². The zero-order chi connectivity index (χ0) is 13.0. The largest absolute Gasteiger partial charge is 0.506 e. The Hall–Kier alpha value is -1.83. The number of anilines is 1. The van der Waals surface area contributed by atoms with Crippen LogP contribution in [0.5, 0.6) is 5.75 Å². The lowest BCUT2D eigenvalue weighted by Gasteiger charge is -2.12. The highest BCUT2D eigenvalue weighted by molar-refractivity contribution is 5.74. The molecule has 0 aliphatic rings. The lowest BCUT2D eigenvalue weighted by Crippen LogP contribution is -2.24. The molecule has 1 aromatic carbocycles.